The Kier molecular flexibility index (Phi) is 4.59. The predicted molar refractivity (Wildman–Crippen MR) is 78.1 cm³/mol. The van der Waals surface area contributed by atoms with Crippen LogP contribution in [0.3, 0.4) is 0 Å². The molecule has 1 amide bonds. The lowest BCUT2D eigenvalue weighted by molar-refractivity contribution is 0.0987. The molecule has 108 valence electrons. The van der Waals surface area contributed by atoms with Crippen LogP contribution < -0.4 is 15.8 Å². The summed E-state index contributed by atoms with van der Waals surface area (Å²) in [6.45, 7) is 2.01. The molecule has 0 radical (unpaired) electrons. The molecule has 2 aromatic rings. The van der Waals surface area contributed by atoms with Crippen LogP contribution in [-0.2, 0) is 0 Å². The van der Waals surface area contributed by atoms with Crippen molar-refractivity contribution in [2.45, 2.75) is 6.92 Å². The van der Waals surface area contributed by atoms with E-state index in [1.54, 1.807) is 31.2 Å². The average molecular weight is 285 g/mol. The van der Waals surface area contributed by atoms with Gasteiger partial charge in [0.15, 0.2) is 0 Å². The van der Waals surface area contributed by atoms with E-state index < -0.39 is 5.91 Å². The zero-order chi connectivity index (χ0) is 15.2. The minimum atomic E-state index is -0.405. The fourth-order valence-electron chi connectivity index (χ4n) is 1.69. The molecule has 21 heavy (non-hydrogen) atoms. The topological polar surface area (TPSA) is 90.4 Å². The number of aromatic nitrogens is 1. The van der Waals surface area contributed by atoms with E-state index in [4.69, 9.17) is 15.0 Å². The van der Waals surface area contributed by atoms with E-state index in [0.29, 0.717) is 17.1 Å². The number of nitrogens with one attached hydrogen (secondary N) is 1. The molecule has 0 bridgehead atoms. The number of anilines is 1. The molecule has 0 unspecified atom stereocenters. The van der Waals surface area contributed by atoms with Gasteiger partial charge in [-0.15, -0.1) is 0 Å². The minimum Gasteiger partial charge on any atom is -0.495 e. The van der Waals surface area contributed by atoms with Crippen molar-refractivity contribution in [3.8, 4) is 17.6 Å². The summed E-state index contributed by atoms with van der Waals surface area (Å²) in [6.07, 6.45) is 0. The number of benzene rings is 1. The number of aryl methyl sites for hydroxylation is 1. The van der Waals surface area contributed by atoms with Crippen LogP contribution in [0.4, 0.5) is 5.69 Å². The number of hydrogen-bond donors (Lipinski definition) is 2. The first-order valence-electron chi connectivity index (χ1n) is 6.25. The van der Waals surface area contributed by atoms with Crippen LogP contribution in [0.5, 0.6) is 5.75 Å². The van der Waals surface area contributed by atoms with E-state index in [0.717, 1.165) is 5.56 Å². The Bertz CT molecular complexity index is 710. The van der Waals surface area contributed by atoms with Crippen LogP contribution in [0, 0.1) is 18.8 Å². The van der Waals surface area contributed by atoms with E-state index in [1.165, 1.54) is 7.11 Å². The monoisotopic (exact) mass is 285 g/mol. The molecular formula is C15H15N3O3. The molecule has 0 aliphatic rings. The van der Waals surface area contributed by atoms with Crippen LogP contribution in [0.15, 0.2) is 28.8 Å². The first-order valence-corrected chi connectivity index (χ1v) is 6.25. The number of hydrogen-bond acceptors (Lipinski definition) is 5. The third-order valence-electron chi connectivity index (χ3n) is 2.63. The second kappa shape index (κ2) is 6.59. The van der Waals surface area contributed by atoms with Crippen molar-refractivity contribution in [3.63, 3.8) is 0 Å². The fourth-order valence-corrected chi connectivity index (χ4v) is 1.69. The first-order chi connectivity index (χ1) is 10.1. The Balaban J connectivity index is 2.26. The van der Waals surface area contributed by atoms with Crippen molar-refractivity contribution in [1.29, 1.82) is 0 Å². The summed E-state index contributed by atoms with van der Waals surface area (Å²) < 4.78 is 10.1. The molecule has 1 aromatic heterocycles. The summed E-state index contributed by atoms with van der Waals surface area (Å²) in [5.41, 5.74) is 7.20. The summed E-state index contributed by atoms with van der Waals surface area (Å²) in [6, 6.07) is 6.78. The number of methoxy groups -OCH3 is 1. The van der Waals surface area contributed by atoms with Crippen LogP contribution >= 0.6 is 0 Å². The standard InChI is InChI=1S/C15H15N3O3/c1-10-8-14(21-18-10)15(19)17-12-9-11(4-3-7-16)5-6-13(12)20-2/h5-6,8-9H,7,16H2,1-2H3,(H,17,19). The van der Waals surface area contributed by atoms with Gasteiger partial charge in [0.1, 0.15) is 5.75 Å². The second-order valence-electron chi connectivity index (χ2n) is 4.21. The van der Waals surface area contributed by atoms with E-state index in [-0.39, 0.29) is 12.3 Å². The molecule has 0 spiro atoms. The van der Waals surface area contributed by atoms with Gasteiger partial charge in [0.25, 0.3) is 5.91 Å². The van der Waals surface area contributed by atoms with Gasteiger partial charge in [0, 0.05) is 11.6 Å². The normalized spacial score (nSPS) is 9.67. The predicted octanol–water partition coefficient (Wildman–Crippen LogP) is 1.55. The summed E-state index contributed by atoms with van der Waals surface area (Å²) in [5.74, 6) is 5.90. The Morgan fingerprint density at radius 3 is 2.90 bits per heavy atom. The molecule has 0 saturated carbocycles. The van der Waals surface area contributed by atoms with E-state index in [2.05, 4.69) is 22.3 Å². The van der Waals surface area contributed by atoms with Gasteiger partial charge in [-0.1, -0.05) is 17.0 Å². The number of ether oxygens (including phenoxy) is 1. The highest BCUT2D eigenvalue weighted by Gasteiger charge is 2.14. The minimum absolute atomic E-state index is 0.132. The molecule has 6 nitrogen and oxygen atoms in total. The molecule has 0 fully saturated rings. The van der Waals surface area contributed by atoms with Gasteiger partial charge in [-0.25, -0.2) is 0 Å². The zero-order valence-electron chi connectivity index (χ0n) is 11.8. The fraction of sp³-hybridized carbons (Fsp3) is 0.200. The van der Waals surface area contributed by atoms with E-state index >= 15 is 0 Å². The van der Waals surface area contributed by atoms with Gasteiger partial charge in [0.2, 0.25) is 5.76 Å². The SMILES string of the molecule is COc1ccc(C#CCN)cc1NC(=O)c1cc(C)no1. The van der Waals surface area contributed by atoms with Crippen LogP contribution in [0.25, 0.3) is 0 Å². The molecule has 1 heterocycles. The smallest absolute Gasteiger partial charge is 0.294 e. The molecule has 0 atom stereocenters. The van der Waals surface area contributed by atoms with Crippen molar-refractivity contribution in [2.75, 3.05) is 19.0 Å². The zero-order valence-corrected chi connectivity index (χ0v) is 11.8. The highest BCUT2D eigenvalue weighted by Crippen LogP contribution is 2.25. The molecule has 2 rings (SSSR count). The highest BCUT2D eigenvalue weighted by atomic mass is 16.5. The number of nitrogens with two attached hydrogens (primary N) is 1. The number of carbonyl (C=O) groups is 1. The van der Waals surface area contributed by atoms with E-state index in [9.17, 15) is 4.79 Å². The molecular weight excluding hydrogens is 270 g/mol. The summed E-state index contributed by atoms with van der Waals surface area (Å²) in [7, 11) is 1.52. The number of amides is 1. The van der Waals surface area contributed by atoms with E-state index in [1.807, 2.05) is 0 Å². The van der Waals surface area contributed by atoms with Crippen LogP contribution in [0.1, 0.15) is 21.8 Å². The van der Waals surface area contributed by atoms with Crippen LogP contribution in [-0.4, -0.2) is 24.7 Å². The maximum Gasteiger partial charge on any atom is 0.294 e. The van der Waals surface area contributed by atoms with Gasteiger partial charge in [0.05, 0.1) is 25.0 Å². The molecule has 0 aliphatic carbocycles. The molecule has 0 aliphatic heterocycles. The van der Waals surface area contributed by atoms with Gasteiger partial charge >= 0.3 is 0 Å². The Morgan fingerprint density at radius 2 is 2.29 bits per heavy atom. The van der Waals surface area contributed by atoms with Crippen LogP contribution in [0.2, 0.25) is 0 Å². The Hall–Kier alpha value is -2.78. The van der Waals surface area contributed by atoms with Gasteiger partial charge < -0.3 is 20.3 Å². The lowest BCUT2D eigenvalue weighted by Gasteiger charge is -2.09. The highest BCUT2D eigenvalue weighted by molar-refractivity contribution is 6.03. The lowest BCUT2D eigenvalue weighted by atomic mass is 10.2. The van der Waals surface area contributed by atoms with Crippen molar-refractivity contribution < 1.29 is 14.1 Å². The average Bonchev–Trinajstić information content (AvgIpc) is 2.92. The molecule has 3 N–H and O–H groups in total. The van der Waals surface area contributed by atoms with Crippen molar-refractivity contribution in [3.05, 3.63) is 41.3 Å². The van der Waals surface area contributed by atoms with Crippen molar-refractivity contribution in [1.82, 2.24) is 5.16 Å². The largest absolute Gasteiger partial charge is 0.495 e. The summed E-state index contributed by atoms with van der Waals surface area (Å²) >= 11 is 0. The van der Waals surface area contributed by atoms with Gasteiger partial charge in [-0.2, -0.15) is 0 Å². The van der Waals surface area contributed by atoms with Gasteiger partial charge in [-0.05, 0) is 25.1 Å². The van der Waals surface area contributed by atoms with Crippen molar-refractivity contribution >= 4 is 11.6 Å². The number of rotatable bonds is 3. The quantitative estimate of drug-likeness (QED) is 0.835. The summed E-state index contributed by atoms with van der Waals surface area (Å²) in [4.78, 5) is 12.1. The number of nitrogens with zero attached hydrogens (tertiary/aromatic N) is 1. The Labute approximate surface area is 122 Å². The Morgan fingerprint density at radius 1 is 1.48 bits per heavy atom. The second-order valence-corrected chi connectivity index (χ2v) is 4.21. The number of carbonyl (C=O) groups excluding carboxylic acids is 1. The first kappa shape index (κ1) is 14.6. The molecule has 1 aromatic carbocycles. The molecule has 6 heteroatoms. The van der Waals surface area contributed by atoms with Gasteiger partial charge in [-0.3, -0.25) is 4.79 Å². The third kappa shape index (κ3) is 3.61. The summed E-state index contributed by atoms with van der Waals surface area (Å²) in [5, 5.41) is 6.39. The third-order valence-corrected chi connectivity index (χ3v) is 2.63. The lowest BCUT2D eigenvalue weighted by Crippen LogP contribution is -2.12. The maximum atomic E-state index is 12.1. The maximum absolute atomic E-state index is 12.1. The molecule has 0 saturated heterocycles. The van der Waals surface area contributed by atoms with Crippen molar-refractivity contribution in [2.24, 2.45) is 5.73 Å².